The summed E-state index contributed by atoms with van der Waals surface area (Å²) < 4.78 is 6.42. The van der Waals surface area contributed by atoms with Gasteiger partial charge in [0, 0.05) is 0 Å². The summed E-state index contributed by atoms with van der Waals surface area (Å²) in [4.78, 5) is 0. The fourth-order valence-corrected chi connectivity index (χ4v) is 2.04. The minimum absolute atomic E-state index is 0.364. The normalized spacial score (nSPS) is 16.0. The van der Waals surface area contributed by atoms with Crippen LogP contribution in [0.25, 0.3) is 0 Å². The Morgan fingerprint density at radius 3 is 3.00 bits per heavy atom. The summed E-state index contributed by atoms with van der Waals surface area (Å²) in [5, 5.41) is 0. The first kappa shape index (κ1) is 3.59. The molecule has 0 bridgehead atoms. The van der Waals surface area contributed by atoms with Crippen LogP contribution in [0.5, 0.6) is 0 Å². The van der Waals surface area contributed by atoms with Crippen LogP contribution >= 0.6 is 0 Å². The molecule has 1 aliphatic heterocycles. The molecule has 5 heavy (non-hydrogen) atoms. The van der Waals surface area contributed by atoms with Crippen LogP contribution in [0.3, 0.4) is 0 Å². The van der Waals surface area contributed by atoms with Crippen molar-refractivity contribution in [1.82, 2.24) is 0 Å². The molecule has 1 heterocycles. The first-order chi connectivity index (χ1) is 2.50. The van der Waals surface area contributed by atoms with Crippen LogP contribution in [0, 0.1) is 0 Å². The van der Waals surface area contributed by atoms with Gasteiger partial charge in [-0.05, 0) is 0 Å². The quantitative estimate of drug-likeness (QED) is 0.479. The Morgan fingerprint density at radius 2 is 2.80 bits per heavy atom. The van der Waals surface area contributed by atoms with Gasteiger partial charge in [-0.1, -0.05) is 0 Å². The van der Waals surface area contributed by atoms with E-state index in [1.54, 1.807) is 0 Å². The van der Waals surface area contributed by atoms with Crippen LogP contribution in [0.4, 0.5) is 0 Å². The van der Waals surface area contributed by atoms with E-state index in [0.717, 1.165) is 0 Å². The fourth-order valence-electron chi connectivity index (χ4n) is 0.304. The Hall–Kier alpha value is 0.410. The third-order valence-electron chi connectivity index (χ3n) is 0.538. The van der Waals surface area contributed by atoms with Gasteiger partial charge in [-0.15, -0.1) is 0 Å². The molecule has 2 heteroatoms. The van der Waals surface area contributed by atoms with E-state index in [4.69, 9.17) is 0 Å². The maximum atomic E-state index is 4.09. The molecule has 0 aromatic rings. The van der Waals surface area contributed by atoms with Gasteiger partial charge < -0.3 is 0 Å². The van der Waals surface area contributed by atoms with Crippen LogP contribution in [-0.4, -0.2) is 32.7 Å². The fraction of sp³-hybridized carbons (Fsp3) is 0.333. The molecule has 1 nitrogen and oxygen atoms in total. The molecule has 0 atom stereocenters. The molecule has 0 saturated carbocycles. The Labute approximate surface area is 42.3 Å². The van der Waals surface area contributed by atoms with Crippen LogP contribution in [0.1, 0.15) is 6.42 Å². The van der Waals surface area contributed by atoms with Crippen molar-refractivity contribution in [1.29, 1.82) is 0 Å². The van der Waals surface area contributed by atoms with Crippen molar-refractivity contribution in [3.05, 3.63) is 0 Å². The molecular formula is C3H4InN. The number of rotatable bonds is 0. The third-order valence-corrected chi connectivity index (χ3v) is 3.01. The van der Waals surface area contributed by atoms with E-state index in [-0.39, 0.29) is 22.7 Å². The summed E-state index contributed by atoms with van der Waals surface area (Å²) in [5.74, 6) is 0. The van der Waals surface area contributed by atoms with Crippen LogP contribution < -0.4 is 0 Å². The second-order valence-corrected chi connectivity index (χ2v) is 4.00. The van der Waals surface area contributed by atoms with Gasteiger partial charge in [-0.25, -0.2) is 0 Å². The van der Waals surface area contributed by atoms with Crippen molar-refractivity contribution >= 4 is 32.7 Å². The van der Waals surface area contributed by atoms with E-state index in [9.17, 15) is 0 Å². The number of hydrogen-bond donors (Lipinski definition) is 0. The minimum atomic E-state index is -0.364. The monoisotopic (exact) mass is 169 g/mol. The van der Waals surface area contributed by atoms with Crippen molar-refractivity contribution in [2.45, 2.75) is 6.42 Å². The Balaban J connectivity index is 2.61. The molecule has 0 aromatic heterocycles. The van der Waals surface area contributed by atoms with E-state index in [0.29, 0.717) is 0 Å². The van der Waals surface area contributed by atoms with Crippen molar-refractivity contribution in [2.24, 2.45) is 2.98 Å². The van der Waals surface area contributed by atoms with E-state index in [1.165, 1.54) is 6.42 Å². The van der Waals surface area contributed by atoms with Crippen molar-refractivity contribution < 1.29 is 0 Å². The van der Waals surface area contributed by atoms with Gasteiger partial charge in [-0.3, -0.25) is 0 Å². The van der Waals surface area contributed by atoms with Gasteiger partial charge in [0.15, 0.2) is 0 Å². The Bertz CT molecular complexity index is 65.0. The molecule has 0 N–H and O–H groups in total. The number of hydrogen-bond acceptors (Lipinski definition) is 1. The Morgan fingerprint density at radius 1 is 1.80 bits per heavy atom. The summed E-state index contributed by atoms with van der Waals surface area (Å²) in [6.45, 7) is 0. The van der Waals surface area contributed by atoms with Crippen LogP contribution in [-0.2, 0) is 0 Å². The van der Waals surface area contributed by atoms with Crippen LogP contribution in [0.15, 0.2) is 2.98 Å². The van der Waals surface area contributed by atoms with Gasteiger partial charge >= 0.3 is 42.1 Å². The van der Waals surface area contributed by atoms with Crippen molar-refractivity contribution in [3.8, 4) is 0 Å². The van der Waals surface area contributed by atoms with Gasteiger partial charge in [-0.2, -0.15) is 0 Å². The molecule has 1 rings (SSSR count). The zero-order chi connectivity index (χ0) is 3.54. The summed E-state index contributed by atoms with van der Waals surface area (Å²) >= 11 is -0.364. The van der Waals surface area contributed by atoms with E-state index >= 15 is 0 Å². The molecule has 0 unspecified atom stereocenters. The predicted molar refractivity (Wildman–Crippen MR) is 24.9 cm³/mol. The van der Waals surface area contributed by atoms with E-state index < -0.39 is 0 Å². The zero-order valence-corrected chi connectivity index (χ0v) is 6.18. The second kappa shape index (κ2) is 1.75. The summed E-state index contributed by atoms with van der Waals surface area (Å²) in [7, 11) is 0. The SMILES string of the molecule is C1=[N][In]=[CH]C1. The topological polar surface area (TPSA) is 12.4 Å². The number of nitrogens with zero attached hydrogens (tertiary/aromatic N) is 1. The van der Waals surface area contributed by atoms with Crippen molar-refractivity contribution in [2.75, 3.05) is 0 Å². The van der Waals surface area contributed by atoms with Crippen LogP contribution in [0.2, 0.25) is 0 Å². The zero-order valence-electron chi connectivity index (χ0n) is 2.89. The molecule has 0 aliphatic carbocycles. The van der Waals surface area contributed by atoms with Gasteiger partial charge in [0.05, 0.1) is 0 Å². The Kier molecular flexibility index (Phi) is 1.26. The third kappa shape index (κ3) is 0.875. The molecule has 0 amide bonds. The molecule has 0 aromatic carbocycles. The standard InChI is InChI=1S/C3H4N.In/c1-2-3-4;/h1,3H,2H2;/q-1;+1. The molecular weight excluding hydrogens is 165 g/mol. The summed E-state index contributed by atoms with van der Waals surface area (Å²) in [5.41, 5.74) is 0. The average Bonchev–Trinajstić information content (AvgIpc) is 1.76. The molecule has 1 aliphatic rings. The van der Waals surface area contributed by atoms with Crippen molar-refractivity contribution in [3.63, 3.8) is 0 Å². The molecule has 24 valence electrons. The molecule has 0 fully saturated rings. The maximum absolute atomic E-state index is 4.09. The van der Waals surface area contributed by atoms with E-state index in [2.05, 4.69) is 6.74 Å². The summed E-state index contributed by atoms with van der Waals surface area (Å²) in [6.07, 6.45) is 3.18. The first-order valence-corrected chi connectivity index (χ1v) is 5.04. The second-order valence-electron chi connectivity index (χ2n) is 0.952. The molecule has 0 spiro atoms. The molecule has 0 saturated heterocycles. The molecule has 0 radical (unpaired) electrons. The average molecular weight is 169 g/mol. The van der Waals surface area contributed by atoms with Gasteiger partial charge in [0.25, 0.3) is 0 Å². The predicted octanol–water partition coefficient (Wildman–Crippen LogP) is -0.118. The van der Waals surface area contributed by atoms with Gasteiger partial charge in [0.2, 0.25) is 0 Å². The van der Waals surface area contributed by atoms with E-state index in [1.807, 2.05) is 6.21 Å². The first-order valence-electron chi connectivity index (χ1n) is 1.67. The summed E-state index contributed by atoms with van der Waals surface area (Å²) in [6, 6.07) is 0. The van der Waals surface area contributed by atoms with Gasteiger partial charge in [0.1, 0.15) is 0 Å².